The maximum atomic E-state index is 12.5. The van der Waals surface area contributed by atoms with Gasteiger partial charge in [0, 0.05) is 31.9 Å². The van der Waals surface area contributed by atoms with Gasteiger partial charge in [0.05, 0.1) is 0 Å². The quantitative estimate of drug-likeness (QED) is 0.702. The van der Waals surface area contributed by atoms with E-state index in [-0.39, 0.29) is 5.91 Å². The molecule has 1 heterocycles. The number of benzene rings is 1. The van der Waals surface area contributed by atoms with Crippen LogP contribution < -0.4 is 10.1 Å². The van der Waals surface area contributed by atoms with Crippen molar-refractivity contribution < 1.29 is 14.3 Å². The molecule has 1 N–H and O–H groups in total. The second-order valence-electron chi connectivity index (χ2n) is 8.05. The van der Waals surface area contributed by atoms with Crippen LogP contribution in [0, 0.1) is 11.8 Å². The number of amides is 1. The predicted molar refractivity (Wildman–Crippen MR) is 110 cm³/mol. The summed E-state index contributed by atoms with van der Waals surface area (Å²) >= 11 is 0. The van der Waals surface area contributed by atoms with Gasteiger partial charge in [-0.25, -0.2) is 0 Å². The minimum absolute atomic E-state index is 0.117. The van der Waals surface area contributed by atoms with Crippen molar-refractivity contribution in [3.05, 3.63) is 24.3 Å². The molecular weight excluding hydrogens is 340 g/mol. The molecule has 1 aliphatic rings. The molecule has 0 unspecified atom stereocenters. The Labute approximate surface area is 164 Å². The Morgan fingerprint density at radius 3 is 2.37 bits per heavy atom. The van der Waals surface area contributed by atoms with Crippen LogP contribution in [0.4, 0.5) is 5.69 Å². The van der Waals surface area contributed by atoms with E-state index in [0.717, 1.165) is 42.9 Å². The van der Waals surface area contributed by atoms with E-state index in [1.54, 1.807) is 0 Å². The first-order valence-electron chi connectivity index (χ1n) is 10.3. The molecule has 152 valence electrons. The maximum Gasteiger partial charge on any atom is 0.256 e. The van der Waals surface area contributed by atoms with Gasteiger partial charge in [-0.15, -0.1) is 0 Å². The van der Waals surface area contributed by atoms with Crippen LogP contribution in [0.5, 0.6) is 5.75 Å². The van der Waals surface area contributed by atoms with Gasteiger partial charge in [-0.05, 0) is 62.8 Å². The van der Waals surface area contributed by atoms with Crippen LogP contribution in [0.15, 0.2) is 24.3 Å². The summed E-state index contributed by atoms with van der Waals surface area (Å²) in [6.45, 7) is 14.8. The van der Waals surface area contributed by atoms with Crippen molar-refractivity contribution in [3.8, 4) is 5.75 Å². The number of nitrogens with one attached hydrogen (secondary N) is 1. The van der Waals surface area contributed by atoms with Gasteiger partial charge in [0.1, 0.15) is 18.0 Å². The van der Waals surface area contributed by atoms with Gasteiger partial charge in [0.25, 0.3) is 5.91 Å². The molecule has 0 spiro atoms. The average molecular weight is 377 g/mol. The Hall–Kier alpha value is -1.59. The summed E-state index contributed by atoms with van der Waals surface area (Å²) in [4.78, 5) is 15.0. The van der Waals surface area contributed by atoms with E-state index in [4.69, 9.17) is 9.47 Å². The lowest BCUT2D eigenvalue weighted by Gasteiger charge is -2.34. The van der Waals surface area contributed by atoms with Crippen molar-refractivity contribution in [1.82, 2.24) is 4.90 Å². The topological polar surface area (TPSA) is 50.8 Å². The largest absolute Gasteiger partial charge is 0.492 e. The number of anilines is 1. The lowest BCUT2D eigenvalue weighted by molar-refractivity contribution is -0.139. The van der Waals surface area contributed by atoms with Gasteiger partial charge in [-0.2, -0.15) is 0 Å². The Morgan fingerprint density at radius 1 is 1.19 bits per heavy atom. The molecule has 0 bridgehead atoms. The van der Waals surface area contributed by atoms with Crippen LogP contribution in [0.25, 0.3) is 0 Å². The zero-order valence-corrected chi connectivity index (χ0v) is 17.6. The molecule has 0 radical (unpaired) electrons. The molecule has 1 fully saturated rings. The molecule has 5 heteroatoms. The highest BCUT2D eigenvalue weighted by Gasteiger charge is 2.31. The molecule has 1 aromatic carbocycles. The number of hydrogen-bond donors (Lipinski definition) is 1. The lowest BCUT2D eigenvalue weighted by Crippen LogP contribution is -2.42. The van der Waals surface area contributed by atoms with Gasteiger partial charge >= 0.3 is 0 Å². The molecule has 27 heavy (non-hydrogen) atoms. The second kappa shape index (κ2) is 10.1. The third-order valence-electron chi connectivity index (χ3n) is 5.35. The molecule has 5 nitrogen and oxygen atoms in total. The Morgan fingerprint density at radius 2 is 1.81 bits per heavy atom. The Balaban J connectivity index is 1.80. The number of carbonyl (C=O) groups is 1. The second-order valence-corrected chi connectivity index (χ2v) is 8.05. The van der Waals surface area contributed by atoms with E-state index in [1.165, 1.54) is 6.42 Å². The van der Waals surface area contributed by atoms with Crippen LogP contribution in [-0.2, 0) is 9.53 Å². The zero-order chi connectivity index (χ0) is 19.9. The monoisotopic (exact) mass is 376 g/mol. The van der Waals surface area contributed by atoms with Gasteiger partial charge < -0.3 is 14.8 Å². The molecule has 0 aromatic heterocycles. The van der Waals surface area contributed by atoms with Gasteiger partial charge in [-0.3, -0.25) is 9.69 Å². The summed E-state index contributed by atoms with van der Waals surface area (Å²) in [7, 11) is 0. The van der Waals surface area contributed by atoms with E-state index >= 15 is 0 Å². The van der Waals surface area contributed by atoms with Crippen LogP contribution in [0.1, 0.15) is 47.5 Å². The third-order valence-corrected chi connectivity index (χ3v) is 5.35. The van der Waals surface area contributed by atoms with Crippen molar-refractivity contribution in [2.45, 2.75) is 53.1 Å². The van der Waals surface area contributed by atoms with Gasteiger partial charge in [0.2, 0.25) is 0 Å². The molecule has 1 aromatic rings. The average Bonchev–Trinajstić information content (AvgIpc) is 2.62. The van der Waals surface area contributed by atoms with E-state index in [1.807, 2.05) is 45.0 Å². The van der Waals surface area contributed by atoms with Crippen LogP contribution in [-0.4, -0.2) is 49.3 Å². The molecule has 1 aliphatic heterocycles. The SMILES string of the molecule is CCO[C@@](C)(CC)C(=O)Nc1ccc(OCCN2C[C@H](C)C[C@H](C)C2)cc1. The van der Waals surface area contributed by atoms with Crippen molar-refractivity contribution in [2.75, 3.05) is 38.2 Å². The molecular formula is C22H36N2O3. The fraction of sp³-hybridized carbons (Fsp3) is 0.682. The molecule has 3 atom stereocenters. The number of nitrogens with zero attached hydrogens (tertiary/aromatic N) is 1. The fourth-order valence-corrected chi connectivity index (χ4v) is 3.81. The summed E-state index contributed by atoms with van der Waals surface area (Å²) < 4.78 is 11.5. The molecule has 2 rings (SSSR count). The van der Waals surface area contributed by atoms with Crippen molar-refractivity contribution >= 4 is 11.6 Å². The Kier molecular flexibility index (Phi) is 8.11. The highest BCUT2D eigenvalue weighted by Crippen LogP contribution is 2.22. The zero-order valence-electron chi connectivity index (χ0n) is 17.6. The van der Waals surface area contributed by atoms with Gasteiger partial charge in [-0.1, -0.05) is 20.8 Å². The van der Waals surface area contributed by atoms with Crippen molar-refractivity contribution in [2.24, 2.45) is 11.8 Å². The van der Waals surface area contributed by atoms with Crippen LogP contribution in [0.3, 0.4) is 0 Å². The maximum absolute atomic E-state index is 12.5. The predicted octanol–water partition coefficient (Wildman–Crippen LogP) is 4.19. The van der Waals surface area contributed by atoms with E-state index < -0.39 is 5.60 Å². The summed E-state index contributed by atoms with van der Waals surface area (Å²) in [6, 6.07) is 7.56. The molecule has 0 saturated carbocycles. The summed E-state index contributed by atoms with van der Waals surface area (Å²) in [5, 5.41) is 2.94. The molecule has 1 amide bonds. The molecule has 1 saturated heterocycles. The van der Waals surface area contributed by atoms with Gasteiger partial charge in [0.15, 0.2) is 0 Å². The van der Waals surface area contributed by atoms with Crippen LogP contribution >= 0.6 is 0 Å². The highest BCUT2D eigenvalue weighted by atomic mass is 16.5. The summed E-state index contributed by atoms with van der Waals surface area (Å²) in [5.74, 6) is 2.24. The van der Waals surface area contributed by atoms with Crippen molar-refractivity contribution in [3.63, 3.8) is 0 Å². The standard InChI is InChI=1S/C22H36N2O3/c1-6-22(5,27-7-2)21(25)23-19-8-10-20(11-9-19)26-13-12-24-15-17(3)14-18(4)16-24/h8-11,17-18H,6-7,12-16H2,1-5H3,(H,23,25)/t17-,18+,22-/m0/s1. The van der Waals surface area contributed by atoms with Crippen molar-refractivity contribution in [1.29, 1.82) is 0 Å². The van der Waals surface area contributed by atoms with E-state index in [2.05, 4.69) is 24.1 Å². The highest BCUT2D eigenvalue weighted by molar-refractivity contribution is 5.97. The summed E-state index contributed by atoms with van der Waals surface area (Å²) in [6.07, 6.45) is 1.95. The first kappa shape index (κ1) is 21.7. The smallest absolute Gasteiger partial charge is 0.256 e. The number of hydrogen-bond acceptors (Lipinski definition) is 4. The van der Waals surface area contributed by atoms with E-state index in [0.29, 0.717) is 19.6 Å². The van der Waals surface area contributed by atoms with E-state index in [9.17, 15) is 4.79 Å². The number of piperidine rings is 1. The normalized spacial score (nSPS) is 22.9. The Bertz CT molecular complexity index is 580. The number of ether oxygens (including phenoxy) is 2. The number of carbonyl (C=O) groups excluding carboxylic acids is 1. The first-order chi connectivity index (χ1) is 12.9. The molecule has 0 aliphatic carbocycles. The number of rotatable bonds is 9. The fourth-order valence-electron chi connectivity index (χ4n) is 3.81. The third kappa shape index (κ3) is 6.51. The minimum Gasteiger partial charge on any atom is -0.492 e. The first-order valence-corrected chi connectivity index (χ1v) is 10.3. The lowest BCUT2D eigenvalue weighted by atomic mass is 9.92. The van der Waals surface area contributed by atoms with Crippen LogP contribution in [0.2, 0.25) is 0 Å². The minimum atomic E-state index is -0.799. The summed E-state index contributed by atoms with van der Waals surface area (Å²) in [5.41, 5.74) is -0.0440. The number of likely N-dealkylation sites (tertiary alicyclic amines) is 1.